The van der Waals surface area contributed by atoms with Gasteiger partial charge in [-0.15, -0.1) is 0 Å². The Balaban J connectivity index is 1.57. The summed E-state index contributed by atoms with van der Waals surface area (Å²) in [6.45, 7) is 0. The van der Waals surface area contributed by atoms with Crippen LogP contribution in [0, 0.1) is 0 Å². The highest BCUT2D eigenvalue weighted by Gasteiger charge is 2.11. The highest BCUT2D eigenvalue weighted by Crippen LogP contribution is 2.21. The minimum atomic E-state index is -0.343. The Kier molecular flexibility index (Phi) is 4.63. The summed E-state index contributed by atoms with van der Waals surface area (Å²) < 4.78 is 0. The molecule has 0 saturated heterocycles. The molecule has 0 spiro atoms. The standard InChI is InChI=1S/C20H14ClN5O/c21-14-6-2-7-15(12-14)24-20-23-11-9-17(26-20)19(27)25-16-8-1-4-13-5-3-10-22-18(13)16/h1-12H,(H,25,27)(H,23,24,26). The van der Waals surface area contributed by atoms with Crippen molar-refractivity contribution in [1.29, 1.82) is 0 Å². The summed E-state index contributed by atoms with van der Waals surface area (Å²) in [5.74, 6) is -0.0364. The number of para-hydroxylation sites is 1. The van der Waals surface area contributed by atoms with Crippen LogP contribution in [0.3, 0.4) is 0 Å². The monoisotopic (exact) mass is 375 g/mol. The van der Waals surface area contributed by atoms with E-state index in [0.29, 0.717) is 16.7 Å². The first-order valence-corrected chi connectivity index (χ1v) is 8.57. The molecular formula is C20H14ClN5O. The first kappa shape index (κ1) is 16.9. The molecule has 4 aromatic rings. The predicted octanol–water partition coefficient (Wildman–Crippen LogP) is 4.67. The van der Waals surface area contributed by atoms with E-state index in [1.165, 1.54) is 6.20 Å². The summed E-state index contributed by atoms with van der Waals surface area (Å²) in [6.07, 6.45) is 3.21. The zero-order valence-corrected chi connectivity index (χ0v) is 14.8. The molecule has 2 aromatic carbocycles. The molecule has 2 N–H and O–H groups in total. The molecule has 0 fully saturated rings. The number of halogens is 1. The Bertz CT molecular complexity index is 1130. The molecule has 0 aliphatic heterocycles. The van der Waals surface area contributed by atoms with Gasteiger partial charge >= 0.3 is 0 Å². The predicted molar refractivity (Wildman–Crippen MR) is 106 cm³/mol. The minimum Gasteiger partial charge on any atom is -0.324 e. The highest BCUT2D eigenvalue weighted by atomic mass is 35.5. The number of carbonyl (C=O) groups is 1. The Morgan fingerprint density at radius 3 is 2.67 bits per heavy atom. The SMILES string of the molecule is O=C(Nc1cccc2cccnc12)c1ccnc(Nc2cccc(Cl)c2)n1. The summed E-state index contributed by atoms with van der Waals surface area (Å²) in [4.78, 5) is 25.4. The maximum absolute atomic E-state index is 12.6. The van der Waals surface area contributed by atoms with Gasteiger partial charge in [-0.05, 0) is 36.4 Å². The van der Waals surface area contributed by atoms with Crippen LogP contribution in [0.4, 0.5) is 17.3 Å². The van der Waals surface area contributed by atoms with E-state index in [9.17, 15) is 4.79 Å². The van der Waals surface area contributed by atoms with Crippen molar-refractivity contribution in [3.63, 3.8) is 0 Å². The van der Waals surface area contributed by atoms with E-state index in [-0.39, 0.29) is 11.6 Å². The fourth-order valence-electron chi connectivity index (χ4n) is 2.63. The summed E-state index contributed by atoms with van der Waals surface area (Å²) in [6, 6.07) is 18.1. The number of benzene rings is 2. The fraction of sp³-hybridized carbons (Fsp3) is 0. The summed E-state index contributed by atoms with van der Waals surface area (Å²) >= 11 is 5.98. The van der Waals surface area contributed by atoms with Gasteiger partial charge in [0, 0.05) is 28.5 Å². The van der Waals surface area contributed by atoms with Gasteiger partial charge in [-0.1, -0.05) is 35.9 Å². The second kappa shape index (κ2) is 7.39. The van der Waals surface area contributed by atoms with E-state index < -0.39 is 0 Å². The molecule has 0 atom stereocenters. The minimum absolute atomic E-state index is 0.238. The van der Waals surface area contributed by atoms with Gasteiger partial charge in [0.25, 0.3) is 5.91 Å². The van der Waals surface area contributed by atoms with Gasteiger partial charge in [-0.3, -0.25) is 9.78 Å². The molecule has 0 bridgehead atoms. The molecule has 1 amide bonds. The fourth-order valence-corrected chi connectivity index (χ4v) is 2.82. The highest BCUT2D eigenvalue weighted by molar-refractivity contribution is 6.30. The molecule has 27 heavy (non-hydrogen) atoms. The number of carbonyl (C=O) groups excluding carboxylic acids is 1. The number of aromatic nitrogens is 3. The van der Waals surface area contributed by atoms with Crippen LogP contribution in [0.1, 0.15) is 10.5 Å². The molecular weight excluding hydrogens is 362 g/mol. The number of pyridine rings is 1. The van der Waals surface area contributed by atoms with Crippen molar-refractivity contribution < 1.29 is 4.79 Å². The summed E-state index contributed by atoms with van der Waals surface area (Å²) in [5.41, 5.74) is 2.32. The Morgan fingerprint density at radius 1 is 0.926 bits per heavy atom. The number of nitrogens with zero attached hydrogens (tertiary/aromatic N) is 3. The van der Waals surface area contributed by atoms with Crippen molar-refractivity contribution in [3.05, 3.63) is 83.8 Å². The average molecular weight is 376 g/mol. The molecule has 4 rings (SSSR count). The second-order valence-electron chi connectivity index (χ2n) is 5.74. The lowest BCUT2D eigenvalue weighted by atomic mass is 10.2. The van der Waals surface area contributed by atoms with Crippen LogP contribution in [0.2, 0.25) is 5.02 Å². The lowest BCUT2D eigenvalue weighted by molar-refractivity contribution is 0.102. The zero-order valence-electron chi connectivity index (χ0n) is 14.1. The van der Waals surface area contributed by atoms with E-state index in [4.69, 9.17) is 11.6 Å². The van der Waals surface area contributed by atoms with Crippen molar-refractivity contribution >= 4 is 45.7 Å². The van der Waals surface area contributed by atoms with Gasteiger partial charge in [0.2, 0.25) is 5.95 Å². The Labute approximate surface area is 160 Å². The first-order chi connectivity index (χ1) is 13.2. The van der Waals surface area contributed by atoms with Gasteiger partial charge in [0.15, 0.2) is 0 Å². The van der Waals surface area contributed by atoms with Crippen LogP contribution in [0.5, 0.6) is 0 Å². The van der Waals surface area contributed by atoms with Gasteiger partial charge in [0.1, 0.15) is 5.69 Å². The molecule has 0 aliphatic carbocycles. The van der Waals surface area contributed by atoms with Crippen molar-refractivity contribution in [1.82, 2.24) is 15.0 Å². The van der Waals surface area contributed by atoms with Crippen molar-refractivity contribution in [2.45, 2.75) is 0 Å². The zero-order chi connectivity index (χ0) is 18.6. The molecule has 7 heteroatoms. The summed E-state index contributed by atoms with van der Waals surface area (Å²) in [5, 5.41) is 7.44. The summed E-state index contributed by atoms with van der Waals surface area (Å²) in [7, 11) is 0. The molecule has 0 saturated carbocycles. The number of nitrogens with one attached hydrogen (secondary N) is 2. The van der Waals surface area contributed by atoms with E-state index in [1.54, 1.807) is 30.5 Å². The Morgan fingerprint density at radius 2 is 1.78 bits per heavy atom. The largest absolute Gasteiger partial charge is 0.324 e. The number of amides is 1. The third-order valence-corrected chi connectivity index (χ3v) is 4.08. The van der Waals surface area contributed by atoms with Gasteiger partial charge in [-0.25, -0.2) is 9.97 Å². The van der Waals surface area contributed by atoms with E-state index in [1.807, 2.05) is 36.4 Å². The molecule has 0 aliphatic rings. The first-order valence-electron chi connectivity index (χ1n) is 8.20. The van der Waals surface area contributed by atoms with Crippen LogP contribution in [0.15, 0.2) is 73.1 Å². The van der Waals surface area contributed by atoms with Crippen LogP contribution >= 0.6 is 11.6 Å². The number of fused-ring (bicyclic) bond motifs is 1. The molecule has 6 nitrogen and oxygen atoms in total. The topological polar surface area (TPSA) is 79.8 Å². The van der Waals surface area contributed by atoms with E-state index >= 15 is 0 Å². The van der Waals surface area contributed by atoms with Gasteiger partial charge in [-0.2, -0.15) is 0 Å². The number of hydrogen-bond acceptors (Lipinski definition) is 5. The molecule has 2 aromatic heterocycles. The van der Waals surface area contributed by atoms with Crippen molar-refractivity contribution in [2.75, 3.05) is 10.6 Å². The number of anilines is 3. The Hall–Kier alpha value is -3.51. The molecule has 0 radical (unpaired) electrons. The smallest absolute Gasteiger partial charge is 0.274 e. The number of hydrogen-bond donors (Lipinski definition) is 2. The second-order valence-corrected chi connectivity index (χ2v) is 6.17. The molecule has 2 heterocycles. The van der Waals surface area contributed by atoms with Crippen LogP contribution in [-0.4, -0.2) is 20.9 Å². The van der Waals surface area contributed by atoms with E-state index in [2.05, 4.69) is 25.6 Å². The lowest BCUT2D eigenvalue weighted by Gasteiger charge is -2.09. The number of rotatable bonds is 4. The van der Waals surface area contributed by atoms with Gasteiger partial charge < -0.3 is 10.6 Å². The van der Waals surface area contributed by atoms with Crippen LogP contribution in [0.25, 0.3) is 10.9 Å². The lowest BCUT2D eigenvalue weighted by Crippen LogP contribution is -2.15. The molecule has 132 valence electrons. The van der Waals surface area contributed by atoms with Crippen LogP contribution < -0.4 is 10.6 Å². The van der Waals surface area contributed by atoms with E-state index in [0.717, 1.165) is 16.6 Å². The third kappa shape index (κ3) is 3.86. The van der Waals surface area contributed by atoms with Crippen LogP contribution in [-0.2, 0) is 0 Å². The normalized spacial score (nSPS) is 10.6. The van der Waals surface area contributed by atoms with Crippen molar-refractivity contribution in [2.24, 2.45) is 0 Å². The average Bonchev–Trinajstić information content (AvgIpc) is 2.68. The molecule has 0 unspecified atom stereocenters. The quantitative estimate of drug-likeness (QED) is 0.541. The third-order valence-electron chi connectivity index (χ3n) is 3.85. The van der Waals surface area contributed by atoms with Gasteiger partial charge in [0.05, 0.1) is 11.2 Å². The maximum atomic E-state index is 12.6. The van der Waals surface area contributed by atoms with Crippen molar-refractivity contribution in [3.8, 4) is 0 Å². The maximum Gasteiger partial charge on any atom is 0.274 e.